The summed E-state index contributed by atoms with van der Waals surface area (Å²) in [7, 11) is 0. The maximum Gasteiger partial charge on any atom is 0.408 e. The van der Waals surface area contributed by atoms with Crippen molar-refractivity contribution in [2.45, 2.75) is 131 Å². The van der Waals surface area contributed by atoms with E-state index in [4.69, 9.17) is 4.74 Å². The second kappa shape index (κ2) is 17.2. The quantitative estimate of drug-likeness (QED) is 0.219. The number of unbranched alkanes of at least 4 members (excludes halogenated alkanes) is 5. The zero-order valence-corrected chi connectivity index (χ0v) is 26.1. The van der Waals surface area contributed by atoms with E-state index in [0.717, 1.165) is 61.6 Å². The molecule has 0 saturated carbocycles. The number of rotatable bonds is 16. The molecule has 39 heavy (non-hydrogen) atoms. The van der Waals surface area contributed by atoms with Crippen molar-refractivity contribution in [2.75, 3.05) is 13.1 Å². The fraction of sp³-hybridized carbons (Fsp3) is 0.719. The number of amides is 3. The fourth-order valence-corrected chi connectivity index (χ4v) is 4.64. The summed E-state index contributed by atoms with van der Waals surface area (Å²) in [6.45, 7) is 18.6. The highest BCUT2D eigenvalue weighted by Gasteiger charge is 2.38. The largest absolute Gasteiger partial charge is 0.444 e. The van der Waals surface area contributed by atoms with Crippen LogP contribution in [0.1, 0.15) is 123 Å². The monoisotopic (exact) mass is 545 g/mol. The number of carbonyl (C=O) groups is 3. The Labute approximate surface area is 237 Å². The van der Waals surface area contributed by atoms with Crippen LogP contribution in [-0.2, 0) is 14.3 Å². The van der Waals surface area contributed by atoms with Gasteiger partial charge in [0.25, 0.3) is 0 Å². The van der Waals surface area contributed by atoms with Gasteiger partial charge in [0.05, 0.1) is 0 Å². The first kappa shape index (κ1) is 34.5. The lowest BCUT2D eigenvalue weighted by Gasteiger charge is -2.36. The lowest BCUT2D eigenvalue weighted by Crippen LogP contribution is -2.55. The number of benzene rings is 1. The van der Waals surface area contributed by atoms with Gasteiger partial charge in [-0.05, 0) is 64.5 Å². The summed E-state index contributed by atoms with van der Waals surface area (Å²) in [6.07, 6.45) is 6.92. The molecule has 0 aromatic heterocycles. The highest BCUT2D eigenvalue weighted by molar-refractivity contribution is 5.92. The first-order valence-electron chi connectivity index (χ1n) is 15.0. The van der Waals surface area contributed by atoms with E-state index in [9.17, 15) is 14.4 Å². The fourth-order valence-electron chi connectivity index (χ4n) is 4.64. The highest BCUT2D eigenvalue weighted by atomic mass is 16.6. The standard InChI is InChI=1S/C32H55N3O4/c1-10-13-15-17-21-35(30(37)27(24(5)12-3)34-31(38)39-32(7,8)9)28(29(36)33-20-16-14-11-2)26-19-18-23(4)22-25(26)6/h18-19,22,24,27-28H,10-17,20-21H2,1-9H3,(H,33,36)(H,34,38). The van der Waals surface area contributed by atoms with E-state index in [1.807, 2.05) is 39.8 Å². The van der Waals surface area contributed by atoms with Gasteiger partial charge in [0.2, 0.25) is 11.8 Å². The summed E-state index contributed by atoms with van der Waals surface area (Å²) in [4.78, 5) is 42.7. The predicted molar refractivity (Wildman–Crippen MR) is 160 cm³/mol. The molecule has 7 nitrogen and oxygen atoms in total. The Hall–Kier alpha value is -2.57. The van der Waals surface area contributed by atoms with Crippen LogP contribution in [0.5, 0.6) is 0 Å². The first-order chi connectivity index (χ1) is 18.4. The van der Waals surface area contributed by atoms with E-state index < -0.39 is 23.8 Å². The van der Waals surface area contributed by atoms with E-state index >= 15 is 0 Å². The smallest absolute Gasteiger partial charge is 0.408 e. The molecular formula is C32H55N3O4. The van der Waals surface area contributed by atoms with Gasteiger partial charge in [-0.15, -0.1) is 0 Å². The Kier molecular flexibility index (Phi) is 15.2. The third-order valence-electron chi connectivity index (χ3n) is 7.05. The lowest BCUT2D eigenvalue weighted by molar-refractivity contribution is -0.143. The van der Waals surface area contributed by atoms with Gasteiger partial charge in [-0.25, -0.2) is 4.79 Å². The minimum Gasteiger partial charge on any atom is -0.444 e. The van der Waals surface area contributed by atoms with E-state index in [2.05, 4.69) is 30.5 Å². The van der Waals surface area contributed by atoms with Crippen LogP contribution in [0.25, 0.3) is 0 Å². The van der Waals surface area contributed by atoms with Gasteiger partial charge in [0.15, 0.2) is 0 Å². The summed E-state index contributed by atoms with van der Waals surface area (Å²) in [6, 6.07) is 4.42. The molecular weight excluding hydrogens is 490 g/mol. The maximum absolute atomic E-state index is 14.4. The van der Waals surface area contributed by atoms with Crippen molar-refractivity contribution < 1.29 is 19.1 Å². The predicted octanol–water partition coefficient (Wildman–Crippen LogP) is 7.00. The van der Waals surface area contributed by atoms with Gasteiger partial charge in [-0.2, -0.15) is 0 Å². The molecule has 3 atom stereocenters. The van der Waals surface area contributed by atoms with Crippen molar-refractivity contribution in [1.82, 2.24) is 15.5 Å². The molecule has 0 aliphatic heterocycles. The molecule has 3 unspecified atom stereocenters. The number of nitrogens with zero attached hydrogens (tertiary/aromatic N) is 1. The molecule has 1 aromatic rings. The summed E-state index contributed by atoms with van der Waals surface area (Å²) in [5.74, 6) is -0.571. The molecule has 222 valence electrons. The van der Waals surface area contributed by atoms with Gasteiger partial charge in [-0.1, -0.05) is 90.0 Å². The van der Waals surface area contributed by atoms with Crippen molar-refractivity contribution in [1.29, 1.82) is 0 Å². The second-order valence-corrected chi connectivity index (χ2v) is 11.9. The van der Waals surface area contributed by atoms with Crippen LogP contribution in [0.4, 0.5) is 4.79 Å². The van der Waals surface area contributed by atoms with Gasteiger partial charge in [0.1, 0.15) is 17.7 Å². The molecule has 0 aliphatic rings. The average Bonchev–Trinajstić information content (AvgIpc) is 2.86. The van der Waals surface area contributed by atoms with Crippen LogP contribution in [-0.4, -0.2) is 47.5 Å². The second-order valence-electron chi connectivity index (χ2n) is 11.9. The highest BCUT2D eigenvalue weighted by Crippen LogP contribution is 2.28. The molecule has 0 heterocycles. The number of hydrogen-bond acceptors (Lipinski definition) is 4. The van der Waals surface area contributed by atoms with Crippen molar-refractivity contribution >= 4 is 17.9 Å². The van der Waals surface area contributed by atoms with E-state index in [0.29, 0.717) is 19.5 Å². The van der Waals surface area contributed by atoms with Crippen LogP contribution in [0, 0.1) is 19.8 Å². The molecule has 2 N–H and O–H groups in total. The topological polar surface area (TPSA) is 87.7 Å². The number of carbonyl (C=O) groups excluding carboxylic acids is 3. The summed E-state index contributed by atoms with van der Waals surface area (Å²) in [5, 5.41) is 5.95. The van der Waals surface area contributed by atoms with Crippen molar-refractivity contribution in [2.24, 2.45) is 5.92 Å². The van der Waals surface area contributed by atoms with Crippen LogP contribution >= 0.6 is 0 Å². The Balaban J connectivity index is 3.53. The summed E-state index contributed by atoms with van der Waals surface area (Å²) < 4.78 is 5.51. The molecule has 7 heteroatoms. The third kappa shape index (κ3) is 12.0. The SMILES string of the molecule is CCCCCCN(C(=O)C(NC(=O)OC(C)(C)C)C(C)CC)C(C(=O)NCCCCC)c1ccc(C)cc1C. The molecule has 3 amide bonds. The Morgan fingerprint density at radius 2 is 1.59 bits per heavy atom. The number of ether oxygens (including phenoxy) is 1. The van der Waals surface area contributed by atoms with E-state index in [1.165, 1.54) is 0 Å². The average molecular weight is 546 g/mol. The zero-order chi connectivity index (χ0) is 29.6. The van der Waals surface area contributed by atoms with Crippen molar-refractivity contribution in [3.63, 3.8) is 0 Å². The molecule has 0 aliphatic carbocycles. The van der Waals surface area contributed by atoms with Gasteiger partial charge in [0, 0.05) is 13.1 Å². The number of aryl methyl sites for hydroxylation is 2. The number of nitrogens with one attached hydrogen (secondary N) is 2. The number of alkyl carbamates (subject to hydrolysis) is 1. The molecule has 0 saturated heterocycles. The molecule has 0 spiro atoms. The van der Waals surface area contributed by atoms with Gasteiger partial charge < -0.3 is 20.3 Å². The Morgan fingerprint density at radius 3 is 2.15 bits per heavy atom. The number of hydrogen-bond donors (Lipinski definition) is 2. The van der Waals surface area contributed by atoms with Crippen LogP contribution in [0.15, 0.2) is 18.2 Å². The van der Waals surface area contributed by atoms with Crippen molar-refractivity contribution in [3.8, 4) is 0 Å². The van der Waals surface area contributed by atoms with Crippen LogP contribution in [0.3, 0.4) is 0 Å². The zero-order valence-electron chi connectivity index (χ0n) is 26.1. The molecule has 0 fully saturated rings. The Bertz CT molecular complexity index is 909. The van der Waals surface area contributed by atoms with Crippen LogP contribution < -0.4 is 10.6 Å². The first-order valence-corrected chi connectivity index (χ1v) is 15.0. The van der Waals surface area contributed by atoms with E-state index in [-0.39, 0.29) is 17.7 Å². The molecule has 1 rings (SSSR count). The summed E-state index contributed by atoms with van der Waals surface area (Å²) >= 11 is 0. The van der Waals surface area contributed by atoms with E-state index in [1.54, 1.807) is 25.7 Å². The maximum atomic E-state index is 14.4. The minimum absolute atomic E-state index is 0.143. The molecule has 0 radical (unpaired) electrons. The minimum atomic E-state index is -0.808. The van der Waals surface area contributed by atoms with Gasteiger partial charge in [-0.3, -0.25) is 9.59 Å². The van der Waals surface area contributed by atoms with Crippen molar-refractivity contribution in [3.05, 3.63) is 34.9 Å². The molecule has 1 aromatic carbocycles. The normalized spacial score (nSPS) is 13.8. The summed E-state index contributed by atoms with van der Waals surface area (Å²) in [5.41, 5.74) is 2.20. The van der Waals surface area contributed by atoms with Gasteiger partial charge >= 0.3 is 6.09 Å². The van der Waals surface area contributed by atoms with Crippen LogP contribution in [0.2, 0.25) is 0 Å². The third-order valence-corrected chi connectivity index (χ3v) is 7.05. The molecule has 0 bridgehead atoms. The lowest BCUT2D eigenvalue weighted by atomic mass is 9.93. The Morgan fingerprint density at radius 1 is 0.949 bits per heavy atom.